The number of anilines is 1. The van der Waals surface area contributed by atoms with Crippen molar-refractivity contribution in [1.82, 2.24) is 4.98 Å². The van der Waals surface area contributed by atoms with Crippen LogP contribution in [0.2, 0.25) is 0 Å². The summed E-state index contributed by atoms with van der Waals surface area (Å²) in [4.78, 5) is 7.18. The number of hydrogen-bond acceptors (Lipinski definition) is 2. The fraction of sp³-hybridized carbons (Fsp3) is 0.643. The first-order valence-electron chi connectivity index (χ1n) is 6.74. The second-order valence-corrected chi connectivity index (χ2v) is 6.08. The zero-order valence-electron chi connectivity index (χ0n) is 10.1. The summed E-state index contributed by atoms with van der Waals surface area (Å²) in [7, 11) is 0. The molecule has 1 aromatic heterocycles. The van der Waals surface area contributed by atoms with Gasteiger partial charge in [0.25, 0.3) is 0 Å². The lowest BCUT2D eigenvalue weighted by Crippen LogP contribution is -2.47. The van der Waals surface area contributed by atoms with E-state index in [1.165, 1.54) is 45.1 Å². The number of piperidine rings is 1. The van der Waals surface area contributed by atoms with Crippen molar-refractivity contribution in [2.45, 2.75) is 44.6 Å². The van der Waals surface area contributed by atoms with Crippen LogP contribution in [-0.2, 0) is 0 Å². The van der Waals surface area contributed by atoms with Crippen LogP contribution in [0, 0.1) is 5.92 Å². The van der Waals surface area contributed by atoms with Crippen LogP contribution in [0.25, 0.3) is 0 Å². The fourth-order valence-corrected chi connectivity index (χ4v) is 3.80. The molecule has 0 radical (unpaired) electrons. The van der Waals surface area contributed by atoms with E-state index in [0.717, 1.165) is 22.4 Å². The van der Waals surface area contributed by atoms with Crippen LogP contribution in [0.5, 0.6) is 0 Å². The predicted molar refractivity (Wildman–Crippen MR) is 74.3 cm³/mol. The highest BCUT2D eigenvalue weighted by Crippen LogP contribution is 2.37. The van der Waals surface area contributed by atoms with Gasteiger partial charge in [-0.1, -0.05) is 18.9 Å². The number of aromatic nitrogens is 1. The predicted octanol–water partition coefficient (Wildman–Crippen LogP) is 4.00. The number of hydrogen-bond donors (Lipinski definition) is 0. The van der Waals surface area contributed by atoms with Crippen LogP contribution in [0.1, 0.15) is 38.5 Å². The number of rotatable bonds is 1. The molecule has 92 valence electrons. The number of halogens is 1. The highest BCUT2D eigenvalue weighted by molar-refractivity contribution is 9.10. The lowest BCUT2D eigenvalue weighted by atomic mass is 9.78. The zero-order valence-corrected chi connectivity index (χ0v) is 11.7. The Balaban J connectivity index is 1.85. The Morgan fingerprint density at radius 2 is 1.94 bits per heavy atom. The second kappa shape index (κ2) is 4.97. The highest BCUT2D eigenvalue weighted by atomic mass is 79.9. The summed E-state index contributed by atoms with van der Waals surface area (Å²) in [5.41, 5.74) is 0. The first kappa shape index (κ1) is 11.5. The van der Waals surface area contributed by atoms with E-state index in [2.05, 4.69) is 37.9 Å². The maximum absolute atomic E-state index is 4.63. The van der Waals surface area contributed by atoms with Crippen molar-refractivity contribution in [3.05, 3.63) is 22.8 Å². The van der Waals surface area contributed by atoms with E-state index in [1.807, 2.05) is 6.07 Å². The van der Waals surface area contributed by atoms with Gasteiger partial charge in [-0.15, -0.1) is 0 Å². The van der Waals surface area contributed by atoms with Crippen molar-refractivity contribution in [2.75, 3.05) is 11.4 Å². The molecule has 1 aliphatic carbocycles. The Hall–Kier alpha value is -0.570. The van der Waals surface area contributed by atoms with Crippen molar-refractivity contribution in [2.24, 2.45) is 5.92 Å². The fourth-order valence-electron chi connectivity index (χ4n) is 3.47. The van der Waals surface area contributed by atoms with Crippen LogP contribution in [0.3, 0.4) is 0 Å². The van der Waals surface area contributed by atoms with E-state index >= 15 is 0 Å². The molecule has 2 nitrogen and oxygen atoms in total. The molecule has 0 N–H and O–H groups in total. The van der Waals surface area contributed by atoms with E-state index in [0.29, 0.717) is 0 Å². The molecule has 1 aliphatic heterocycles. The van der Waals surface area contributed by atoms with Crippen LogP contribution in [0.4, 0.5) is 5.82 Å². The molecule has 0 bridgehead atoms. The highest BCUT2D eigenvalue weighted by Gasteiger charge is 2.33. The van der Waals surface area contributed by atoms with Gasteiger partial charge in [0.05, 0.1) is 0 Å². The molecule has 3 rings (SSSR count). The van der Waals surface area contributed by atoms with Crippen LogP contribution < -0.4 is 4.90 Å². The smallest absolute Gasteiger partial charge is 0.130 e. The summed E-state index contributed by atoms with van der Waals surface area (Å²) >= 11 is 3.48. The summed E-state index contributed by atoms with van der Waals surface area (Å²) in [6.45, 7) is 1.19. The maximum atomic E-state index is 4.63. The van der Waals surface area contributed by atoms with Gasteiger partial charge in [0.15, 0.2) is 0 Å². The van der Waals surface area contributed by atoms with Gasteiger partial charge in [0.2, 0.25) is 0 Å². The molecule has 2 atom stereocenters. The third kappa shape index (κ3) is 2.35. The van der Waals surface area contributed by atoms with Gasteiger partial charge in [-0.3, -0.25) is 0 Å². The monoisotopic (exact) mass is 294 g/mol. The Morgan fingerprint density at radius 3 is 2.82 bits per heavy atom. The van der Waals surface area contributed by atoms with Crippen molar-refractivity contribution >= 4 is 21.7 Å². The molecule has 1 saturated carbocycles. The standard InChI is InChI=1S/C14H19BrN2/c15-13-8-3-9-14(16-13)17-10-4-6-11-5-1-2-7-12(11)17/h3,8-9,11-12H,1-2,4-7,10H2/t11-,12-/m1/s1. The largest absolute Gasteiger partial charge is 0.353 e. The molecule has 2 heterocycles. The summed E-state index contributed by atoms with van der Waals surface area (Å²) in [6, 6.07) is 7.01. The van der Waals surface area contributed by atoms with Crippen molar-refractivity contribution in [3.8, 4) is 0 Å². The Morgan fingerprint density at radius 1 is 1.12 bits per heavy atom. The van der Waals surface area contributed by atoms with Crippen molar-refractivity contribution < 1.29 is 0 Å². The molecule has 2 fully saturated rings. The number of nitrogens with zero attached hydrogens (tertiary/aromatic N) is 2. The summed E-state index contributed by atoms with van der Waals surface area (Å²) < 4.78 is 0.952. The Bertz CT molecular complexity index is 392. The minimum Gasteiger partial charge on any atom is -0.353 e. The molecule has 1 aromatic rings. The van der Waals surface area contributed by atoms with E-state index in [1.54, 1.807) is 0 Å². The van der Waals surface area contributed by atoms with E-state index < -0.39 is 0 Å². The maximum Gasteiger partial charge on any atom is 0.130 e. The first-order chi connectivity index (χ1) is 8.34. The van der Waals surface area contributed by atoms with Gasteiger partial charge in [0, 0.05) is 12.6 Å². The van der Waals surface area contributed by atoms with Gasteiger partial charge in [0.1, 0.15) is 10.4 Å². The third-order valence-corrected chi connectivity index (χ3v) is 4.68. The van der Waals surface area contributed by atoms with Gasteiger partial charge in [-0.05, 0) is 59.7 Å². The number of fused-ring (bicyclic) bond motifs is 1. The van der Waals surface area contributed by atoms with E-state index in [4.69, 9.17) is 0 Å². The molecule has 1 saturated heterocycles. The van der Waals surface area contributed by atoms with Crippen molar-refractivity contribution in [1.29, 1.82) is 0 Å². The van der Waals surface area contributed by atoms with Crippen LogP contribution in [0.15, 0.2) is 22.8 Å². The Kier molecular flexibility index (Phi) is 3.37. The molecule has 0 amide bonds. The minimum absolute atomic E-state index is 0.749. The van der Waals surface area contributed by atoms with Crippen molar-refractivity contribution in [3.63, 3.8) is 0 Å². The van der Waals surface area contributed by atoms with Gasteiger partial charge in [-0.2, -0.15) is 0 Å². The molecule has 2 aliphatic rings. The average Bonchev–Trinajstić information content (AvgIpc) is 2.38. The topological polar surface area (TPSA) is 16.1 Å². The van der Waals surface area contributed by atoms with Gasteiger partial charge < -0.3 is 4.90 Å². The SMILES string of the molecule is Brc1cccc(N2CCC[C@H]3CCCC[C@H]32)n1. The average molecular weight is 295 g/mol. The molecule has 17 heavy (non-hydrogen) atoms. The summed E-state index contributed by atoms with van der Waals surface area (Å²) in [5.74, 6) is 2.08. The lowest BCUT2D eigenvalue weighted by molar-refractivity contribution is 0.242. The molecule has 3 heteroatoms. The van der Waals surface area contributed by atoms with E-state index in [-0.39, 0.29) is 0 Å². The normalized spacial score (nSPS) is 28.9. The molecule has 0 spiro atoms. The molecular weight excluding hydrogens is 276 g/mol. The van der Waals surface area contributed by atoms with Gasteiger partial charge in [-0.25, -0.2) is 4.98 Å². The van der Waals surface area contributed by atoms with Gasteiger partial charge >= 0.3 is 0 Å². The Labute approximate surface area is 112 Å². The van der Waals surface area contributed by atoms with Crippen LogP contribution >= 0.6 is 15.9 Å². The van der Waals surface area contributed by atoms with E-state index in [9.17, 15) is 0 Å². The lowest BCUT2D eigenvalue weighted by Gasteiger charge is -2.44. The molecule has 0 unspecified atom stereocenters. The molecular formula is C14H19BrN2. The number of pyridine rings is 1. The quantitative estimate of drug-likeness (QED) is 0.728. The first-order valence-corrected chi connectivity index (χ1v) is 7.53. The molecule has 0 aromatic carbocycles. The third-order valence-electron chi connectivity index (χ3n) is 4.24. The summed E-state index contributed by atoms with van der Waals surface area (Å²) in [5, 5.41) is 0. The second-order valence-electron chi connectivity index (χ2n) is 5.27. The summed E-state index contributed by atoms with van der Waals surface area (Å²) in [6.07, 6.45) is 8.37. The van der Waals surface area contributed by atoms with Crippen LogP contribution in [-0.4, -0.2) is 17.6 Å². The minimum atomic E-state index is 0.749. The zero-order chi connectivity index (χ0) is 11.7.